The first-order chi connectivity index (χ1) is 9.19. The van der Waals surface area contributed by atoms with Gasteiger partial charge in [-0.1, -0.05) is 11.6 Å². The van der Waals surface area contributed by atoms with E-state index >= 15 is 0 Å². The van der Waals surface area contributed by atoms with Crippen molar-refractivity contribution in [3.05, 3.63) is 22.7 Å². The number of rotatable bonds is 2. The van der Waals surface area contributed by atoms with Crippen LogP contribution in [0.3, 0.4) is 0 Å². The lowest BCUT2D eigenvalue weighted by atomic mass is 10.1. The summed E-state index contributed by atoms with van der Waals surface area (Å²) < 4.78 is 10.5. The van der Waals surface area contributed by atoms with E-state index < -0.39 is 0 Å². The molecule has 19 heavy (non-hydrogen) atoms. The quantitative estimate of drug-likeness (QED) is 0.892. The first kappa shape index (κ1) is 12.6. The van der Waals surface area contributed by atoms with Gasteiger partial charge in [-0.15, -0.1) is 0 Å². The van der Waals surface area contributed by atoms with E-state index in [-0.39, 0.29) is 12.7 Å². The van der Waals surface area contributed by atoms with Crippen LogP contribution in [0.15, 0.2) is 12.1 Å². The maximum Gasteiger partial charge on any atom is 0.254 e. The van der Waals surface area contributed by atoms with E-state index in [2.05, 4.69) is 0 Å². The monoisotopic (exact) mass is 282 g/mol. The van der Waals surface area contributed by atoms with Crippen LogP contribution in [0.2, 0.25) is 5.02 Å². The first-order valence-electron chi connectivity index (χ1n) is 6.27. The Labute approximate surface area is 116 Å². The summed E-state index contributed by atoms with van der Waals surface area (Å²) >= 11 is 6.09. The Morgan fingerprint density at radius 3 is 3.05 bits per heavy atom. The highest BCUT2D eigenvalue weighted by molar-refractivity contribution is 6.32. The Kier molecular flexibility index (Phi) is 3.24. The maximum atomic E-state index is 12.4. The Morgan fingerprint density at radius 2 is 2.32 bits per heavy atom. The summed E-state index contributed by atoms with van der Waals surface area (Å²) in [5, 5.41) is 0.410. The van der Waals surface area contributed by atoms with Gasteiger partial charge >= 0.3 is 0 Å². The second-order valence-corrected chi connectivity index (χ2v) is 5.24. The zero-order valence-corrected chi connectivity index (χ0v) is 11.2. The minimum atomic E-state index is -0.0313. The van der Waals surface area contributed by atoms with Gasteiger partial charge in [0.05, 0.1) is 5.02 Å². The van der Waals surface area contributed by atoms with E-state index in [1.165, 1.54) is 0 Å². The van der Waals surface area contributed by atoms with Crippen molar-refractivity contribution in [2.75, 3.05) is 26.4 Å². The molecule has 0 radical (unpaired) electrons. The predicted molar refractivity (Wildman–Crippen MR) is 70.6 cm³/mol. The van der Waals surface area contributed by atoms with E-state index in [0.29, 0.717) is 41.1 Å². The molecule has 1 amide bonds. The molecule has 2 aliphatic rings. The van der Waals surface area contributed by atoms with Gasteiger partial charge in [0.2, 0.25) is 6.79 Å². The van der Waals surface area contributed by atoms with E-state index in [4.69, 9.17) is 26.8 Å². The normalized spacial score (nSPS) is 20.9. The van der Waals surface area contributed by atoms with Crippen LogP contribution in [0, 0.1) is 5.92 Å². The van der Waals surface area contributed by atoms with Crippen molar-refractivity contribution in [3.8, 4) is 11.5 Å². The summed E-state index contributed by atoms with van der Waals surface area (Å²) in [6.07, 6.45) is 0.959. The number of likely N-dealkylation sites (tertiary alicyclic amines) is 1. The third kappa shape index (κ3) is 2.24. The fourth-order valence-corrected chi connectivity index (χ4v) is 2.75. The van der Waals surface area contributed by atoms with Crippen LogP contribution >= 0.6 is 11.6 Å². The highest BCUT2D eigenvalue weighted by atomic mass is 35.5. The van der Waals surface area contributed by atoms with Gasteiger partial charge in [0.25, 0.3) is 5.91 Å². The number of nitrogens with two attached hydrogens (primary N) is 1. The number of carbonyl (C=O) groups excluding carboxylic acids is 1. The SMILES string of the molecule is NCC1CCN(C(=O)c2cc(Cl)c3c(c2)OCO3)C1. The van der Waals surface area contributed by atoms with Gasteiger partial charge in [0, 0.05) is 18.7 Å². The van der Waals surface area contributed by atoms with Gasteiger partial charge in [-0.2, -0.15) is 0 Å². The molecule has 1 saturated heterocycles. The highest BCUT2D eigenvalue weighted by Crippen LogP contribution is 2.40. The molecule has 6 heteroatoms. The number of hydrogen-bond acceptors (Lipinski definition) is 4. The van der Waals surface area contributed by atoms with Crippen LogP contribution < -0.4 is 15.2 Å². The standard InChI is InChI=1S/C13H15ClN2O3/c14-10-3-9(4-11-12(10)19-7-18-11)13(17)16-2-1-8(5-15)6-16/h3-4,8H,1-2,5-7,15H2. The predicted octanol–water partition coefficient (Wildman–Crippen LogP) is 1.49. The van der Waals surface area contributed by atoms with Crippen LogP contribution in [0.5, 0.6) is 11.5 Å². The number of nitrogens with zero attached hydrogens (tertiary/aromatic N) is 1. The lowest BCUT2D eigenvalue weighted by Gasteiger charge is -2.16. The molecular formula is C13H15ClN2O3. The molecule has 1 atom stereocenters. The Balaban J connectivity index is 1.83. The summed E-state index contributed by atoms with van der Waals surface area (Å²) in [5.41, 5.74) is 6.17. The molecule has 0 saturated carbocycles. The number of benzene rings is 1. The summed E-state index contributed by atoms with van der Waals surface area (Å²) in [6, 6.07) is 3.32. The smallest absolute Gasteiger partial charge is 0.254 e. The van der Waals surface area contributed by atoms with Gasteiger partial charge in [0.15, 0.2) is 11.5 Å². The van der Waals surface area contributed by atoms with Crippen LogP contribution in [-0.4, -0.2) is 37.2 Å². The van der Waals surface area contributed by atoms with Crippen molar-refractivity contribution in [1.29, 1.82) is 0 Å². The number of amides is 1. The molecule has 2 heterocycles. The van der Waals surface area contributed by atoms with Crippen molar-refractivity contribution < 1.29 is 14.3 Å². The summed E-state index contributed by atoms with van der Waals surface area (Å²) in [4.78, 5) is 14.2. The van der Waals surface area contributed by atoms with Crippen molar-refractivity contribution in [2.45, 2.75) is 6.42 Å². The van der Waals surface area contributed by atoms with Crippen LogP contribution in [0.25, 0.3) is 0 Å². The average molecular weight is 283 g/mol. The minimum absolute atomic E-state index is 0.0313. The van der Waals surface area contributed by atoms with Gasteiger partial charge < -0.3 is 20.1 Å². The zero-order chi connectivity index (χ0) is 13.4. The molecule has 0 bridgehead atoms. The van der Waals surface area contributed by atoms with Crippen molar-refractivity contribution in [3.63, 3.8) is 0 Å². The third-order valence-electron chi connectivity index (χ3n) is 3.58. The number of ether oxygens (including phenoxy) is 2. The second kappa shape index (κ2) is 4.90. The molecule has 102 valence electrons. The zero-order valence-electron chi connectivity index (χ0n) is 10.4. The summed E-state index contributed by atoms with van der Waals surface area (Å²) in [5.74, 6) is 1.41. The Hall–Kier alpha value is -1.46. The molecule has 2 N–H and O–H groups in total. The van der Waals surface area contributed by atoms with E-state index in [1.54, 1.807) is 12.1 Å². The van der Waals surface area contributed by atoms with Gasteiger partial charge in [-0.3, -0.25) is 4.79 Å². The summed E-state index contributed by atoms with van der Waals surface area (Å²) in [6.45, 7) is 2.21. The molecule has 1 fully saturated rings. The summed E-state index contributed by atoms with van der Waals surface area (Å²) in [7, 11) is 0. The molecular weight excluding hydrogens is 268 g/mol. The molecule has 0 aliphatic carbocycles. The van der Waals surface area contributed by atoms with E-state index in [9.17, 15) is 4.79 Å². The highest BCUT2D eigenvalue weighted by Gasteiger charge is 2.28. The van der Waals surface area contributed by atoms with Crippen molar-refractivity contribution >= 4 is 17.5 Å². The van der Waals surface area contributed by atoms with E-state index in [0.717, 1.165) is 13.0 Å². The van der Waals surface area contributed by atoms with Gasteiger partial charge in [-0.25, -0.2) is 0 Å². The second-order valence-electron chi connectivity index (χ2n) is 4.83. The molecule has 2 aliphatic heterocycles. The largest absolute Gasteiger partial charge is 0.454 e. The Bertz CT molecular complexity index is 521. The molecule has 1 aromatic rings. The third-order valence-corrected chi connectivity index (χ3v) is 3.86. The van der Waals surface area contributed by atoms with Crippen LogP contribution in [0.1, 0.15) is 16.8 Å². The maximum absolute atomic E-state index is 12.4. The fraction of sp³-hybridized carbons (Fsp3) is 0.462. The van der Waals surface area contributed by atoms with Crippen LogP contribution in [-0.2, 0) is 0 Å². The van der Waals surface area contributed by atoms with Crippen LogP contribution in [0.4, 0.5) is 0 Å². The number of carbonyl (C=O) groups is 1. The van der Waals surface area contributed by atoms with Gasteiger partial charge in [0.1, 0.15) is 0 Å². The lowest BCUT2D eigenvalue weighted by Crippen LogP contribution is -2.29. The minimum Gasteiger partial charge on any atom is -0.454 e. The van der Waals surface area contributed by atoms with Crippen molar-refractivity contribution in [1.82, 2.24) is 4.90 Å². The molecule has 0 spiro atoms. The first-order valence-corrected chi connectivity index (χ1v) is 6.65. The number of halogens is 1. The molecule has 0 aromatic heterocycles. The lowest BCUT2D eigenvalue weighted by molar-refractivity contribution is 0.0787. The number of hydrogen-bond donors (Lipinski definition) is 1. The molecule has 1 aromatic carbocycles. The average Bonchev–Trinajstić information content (AvgIpc) is 3.06. The molecule has 1 unspecified atom stereocenters. The van der Waals surface area contributed by atoms with Crippen molar-refractivity contribution in [2.24, 2.45) is 11.7 Å². The molecule has 5 nitrogen and oxygen atoms in total. The topological polar surface area (TPSA) is 64.8 Å². The fourth-order valence-electron chi connectivity index (χ4n) is 2.48. The number of fused-ring (bicyclic) bond motifs is 1. The van der Waals surface area contributed by atoms with Gasteiger partial charge in [-0.05, 0) is 31.0 Å². The Morgan fingerprint density at radius 1 is 1.47 bits per heavy atom. The van der Waals surface area contributed by atoms with E-state index in [1.807, 2.05) is 4.90 Å². The molecule has 3 rings (SSSR count).